The van der Waals surface area contributed by atoms with E-state index in [4.69, 9.17) is 10.00 Å². The average Bonchev–Trinajstić information content (AvgIpc) is 3.78. The zero-order valence-corrected chi connectivity index (χ0v) is 22.3. The van der Waals surface area contributed by atoms with Gasteiger partial charge in [0.1, 0.15) is 22.4 Å². The number of pyridine rings is 2. The van der Waals surface area contributed by atoms with Crippen molar-refractivity contribution in [1.82, 2.24) is 29.8 Å². The molecule has 40 heavy (non-hydrogen) atoms. The number of aromatic nitrogens is 4. The number of hydrogen-bond acceptors (Lipinski definition) is 9. The first-order chi connectivity index (χ1) is 19.2. The molecule has 1 fully saturated rings. The van der Waals surface area contributed by atoms with E-state index >= 15 is 0 Å². The highest BCUT2D eigenvalue weighted by atomic mass is 32.2. The minimum atomic E-state index is -3.74. The smallest absolute Gasteiger partial charge is 0.263 e. The Balaban J connectivity index is 1.31. The van der Waals surface area contributed by atoms with Crippen molar-refractivity contribution < 1.29 is 17.9 Å². The van der Waals surface area contributed by atoms with E-state index in [0.717, 1.165) is 5.56 Å². The minimum Gasteiger partial charge on any atom is -0.473 e. The predicted octanol–water partition coefficient (Wildman–Crippen LogP) is 1.56. The molecule has 0 radical (unpaired) electrons. The number of benzene rings is 1. The van der Waals surface area contributed by atoms with Crippen LogP contribution in [0.5, 0.6) is 5.88 Å². The number of nitrogens with one attached hydrogen (secondary N) is 2. The van der Waals surface area contributed by atoms with Crippen molar-refractivity contribution in [3.8, 4) is 11.9 Å². The van der Waals surface area contributed by atoms with Crippen LogP contribution in [0.2, 0.25) is 0 Å². The highest BCUT2D eigenvalue weighted by Gasteiger charge is 2.55. The fourth-order valence-corrected chi connectivity index (χ4v) is 5.70. The Labute approximate surface area is 229 Å². The van der Waals surface area contributed by atoms with Gasteiger partial charge in [-0.1, -0.05) is 18.2 Å². The molecule has 3 heterocycles. The van der Waals surface area contributed by atoms with Crippen molar-refractivity contribution in [2.45, 2.75) is 30.7 Å². The molecule has 0 unspecified atom stereocenters. The Morgan fingerprint density at radius 3 is 2.62 bits per heavy atom. The molecule has 1 amide bonds. The average molecular weight is 560 g/mol. The van der Waals surface area contributed by atoms with Crippen LogP contribution in [0.1, 0.15) is 40.0 Å². The zero-order valence-electron chi connectivity index (χ0n) is 21.5. The number of carbonyl (C=O) groups excluding carboxylic acids is 1. The molecule has 0 spiro atoms. The summed E-state index contributed by atoms with van der Waals surface area (Å²) in [5.74, 6) is -0.582. The van der Waals surface area contributed by atoms with Crippen LogP contribution >= 0.6 is 0 Å². The Bertz CT molecular complexity index is 1780. The zero-order chi connectivity index (χ0) is 28.3. The molecule has 5 rings (SSSR count). The van der Waals surface area contributed by atoms with Gasteiger partial charge in [0, 0.05) is 25.2 Å². The second kappa shape index (κ2) is 10.8. The van der Waals surface area contributed by atoms with Gasteiger partial charge in [0.25, 0.3) is 17.3 Å². The van der Waals surface area contributed by atoms with Gasteiger partial charge in [-0.25, -0.2) is 13.1 Å². The third-order valence-electron chi connectivity index (χ3n) is 6.79. The summed E-state index contributed by atoms with van der Waals surface area (Å²) in [5.41, 5.74) is 1.48. The van der Waals surface area contributed by atoms with Crippen molar-refractivity contribution in [3.05, 3.63) is 93.7 Å². The molecule has 2 N–H and O–H groups in total. The van der Waals surface area contributed by atoms with Crippen molar-refractivity contribution in [1.29, 1.82) is 5.26 Å². The summed E-state index contributed by atoms with van der Waals surface area (Å²) in [7, 11) is -2.26. The standard InChI is InChI=1S/C27H25N7O5S/c1-34-23-20(12-22(26(34)36)24(35)30-14-19-7-5-18(13-28)6-8-19)15-31-33-25(23)39-17-27(9-10-27)40(37,38)32-16-21-4-2-3-11-29-21/h2-8,11-12,15,32H,9-10,14,16-17H2,1H3,(H,30,35). The maximum Gasteiger partial charge on any atom is 0.263 e. The fraction of sp³-hybridized carbons (Fsp3) is 0.259. The van der Waals surface area contributed by atoms with Crippen molar-refractivity contribution in [3.63, 3.8) is 0 Å². The molecule has 1 aliphatic carbocycles. The van der Waals surface area contributed by atoms with E-state index < -0.39 is 26.2 Å². The van der Waals surface area contributed by atoms with Gasteiger partial charge in [0.2, 0.25) is 10.0 Å². The van der Waals surface area contributed by atoms with E-state index in [-0.39, 0.29) is 31.1 Å². The molecular weight excluding hydrogens is 534 g/mol. The summed E-state index contributed by atoms with van der Waals surface area (Å²) < 4.78 is 34.6. The van der Waals surface area contributed by atoms with Gasteiger partial charge in [0.15, 0.2) is 0 Å². The molecule has 1 saturated carbocycles. The Morgan fingerprint density at radius 1 is 1.18 bits per heavy atom. The van der Waals surface area contributed by atoms with Gasteiger partial charge < -0.3 is 14.6 Å². The Hall–Kier alpha value is -4.67. The molecule has 1 aromatic carbocycles. The molecule has 1 aliphatic rings. The Morgan fingerprint density at radius 2 is 1.95 bits per heavy atom. The number of fused-ring (bicyclic) bond motifs is 1. The number of amides is 1. The van der Waals surface area contributed by atoms with Crippen LogP contribution in [0.4, 0.5) is 0 Å². The topological polar surface area (TPSA) is 169 Å². The third kappa shape index (κ3) is 5.40. The fourth-order valence-electron chi connectivity index (χ4n) is 4.21. The molecule has 204 valence electrons. The molecule has 0 bridgehead atoms. The van der Waals surface area contributed by atoms with Crippen molar-refractivity contribution in [2.75, 3.05) is 6.61 Å². The van der Waals surface area contributed by atoms with E-state index in [0.29, 0.717) is 35.0 Å². The van der Waals surface area contributed by atoms with Gasteiger partial charge in [-0.2, -0.15) is 10.4 Å². The molecule has 3 aromatic heterocycles. The normalized spacial score (nSPS) is 13.9. The predicted molar refractivity (Wildman–Crippen MR) is 145 cm³/mol. The number of carbonyl (C=O) groups is 1. The van der Waals surface area contributed by atoms with Gasteiger partial charge in [-0.15, -0.1) is 5.10 Å². The van der Waals surface area contributed by atoms with E-state index in [1.165, 1.54) is 23.9 Å². The molecule has 0 atom stereocenters. The van der Waals surface area contributed by atoms with Crippen LogP contribution in [0, 0.1) is 11.3 Å². The lowest BCUT2D eigenvalue weighted by molar-refractivity contribution is 0.0949. The van der Waals surface area contributed by atoms with E-state index in [2.05, 4.69) is 25.2 Å². The van der Waals surface area contributed by atoms with Crippen LogP contribution in [0.3, 0.4) is 0 Å². The monoisotopic (exact) mass is 559 g/mol. The maximum absolute atomic E-state index is 13.1. The number of nitrogens with zero attached hydrogens (tertiary/aromatic N) is 5. The Kier molecular flexibility index (Phi) is 7.29. The number of aryl methyl sites for hydroxylation is 1. The van der Waals surface area contributed by atoms with E-state index in [1.54, 1.807) is 48.7 Å². The van der Waals surface area contributed by atoms with E-state index in [1.807, 2.05) is 6.07 Å². The van der Waals surface area contributed by atoms with Crippen LogP contribution < -0.4 is 20.3 Å². The second-order valence-corrected chi connectivity index (χ2v) is 11.6. The van der Waals surface area contributed by atoms with Crippen LogP contribution in [0.15, 0.2) is 65.7 Å². The number of sulfonamides is 1. The highest BCUT2D eigenvalue weighted by Crippen LogP contribution is 2.43. The number of hydrogen-bond donors (Lipinski definition) is 2. The molecular formula is C27H25N7O5S. The lowest BCUT2D eigenvalue weighted by Crippen LogP contribution is -2.40. The first-order valence-corrected chi connectivity index (χ1v) is 13.9. The SMILES string of the molecule is Cn1c(=O)c(C(=O)NCc2ccc(C#N)cc2)cc2cnnc(OCC3(S(=O)(=O)NCc4ccccn4)CC3)c21. The number of rotatable bonds is 10. The molecule has 0 aliphatic heterocycles. The summed E-state index contributed by atoms with van der Waals surface area (Å²) in [5, 5.41) is 20.0. The molecule has 4 aromatic rings. The van der Waals surface area contributed by atoms with Crippen LogP contribution in [-0.4, -0.2) is 45.4 Å². The summed E-state index contributed by atoms with van der Waals surface area (Å²) in [6, 6.07) is 15.4. The summed E-state index contributed by atoms with van der Waals surface area (Å²) in [6.07, 6.45) is 3.81. The summed E-state index contributed by atoms with van der Waals surface area (Å²) in [4.78, 5) is 30.1. The van der Waals surface area contributed by atoms with Crippen molar-refractivity contribution >= 4 is 26.8 Å². The lowest BCUT2D eigenvalue weighted by atomic mass is 10.1. The second-order valence-electron chi connectivity index (χ2n) is 9.48. The molecule has 0 saturated heterocycles. The minimum absolute atomic E-state index is 0.00663. The quantitative estimate of drug-likeness (QED) is 0.293. The molecule has 12 nitrogen and oxygen atoms in total. The number of nitriles is 1. The largest absolute Gasteiger partial charge is 0.473 e. The first-order valence-electron chi connectivity index (χ1n) is 12.4. The van der Waals surface area contributed by atoms with Gasteiger partial charge in [-0.05, 0) is 48.7 Å². The lowest BCUT2D eigenvalue weighted by Gasteiger charge is -2.18. The van der Waals surface area contributed by atoms with Crippen LogP contribution in [0.25, 0.3) is 10.9 Å². The maximum atomic E-state index is 13.1. The first kappa shape index (κ1) is 26.9. The number of ether oxygens (including phenoxy) is 1. The summed E-state index contributed by atoms with van der Waals surface area (Å²) >= 11 is 0. The van der Waals surface area contributed by atoms with Crippen LogP contribution in [-0.2, 0) is 30.2 Å². The third-order valence-corrected chi connectivity index (χ3v) is 8.98. The van der Waals surface area contributed by atoms with E-state index in [9.17, 15) is 18.0 Å². The summed E-state index contributed by atoms with van der Waals surface area (Å²) in [6.45, 7) is 0.0441. The van der Waals surface area contributed by atoms with Gasteiger partial charge in [0.05, 0.1) is 30.1 Å². The van der Waals surface area contributed by atoms with Gasteiger partial charge >= 0.3 is 0 Å². The molecule has 13 heteroatoms. The van der Waals surface area contributed by atoms with Crippen molar-refractivity contribution in [2.24, 2.45) is 7.05 Å². The highest BCUT2D eigenvalue weighted by molar-refractivity contribution is 7.91. The van der Waals surface area contributed by atoms with Gasteiger partial charge in [-0.3, -0.25) is 14.6 Å².